The standard InChI is InChI=1S/C16H19BrO2/c1-2-6-14-7-5-8-15(11-14)13-19-10-4-3-9-16(18)12-17/h5,7-8,11H,3-4,9-10,12-13H2,1H3. The molecule has 1 rings (SSSR count). The molecule has 0 unspecified atom stereocenters. The maximum absolute atomic E-state index is 11.1. The molecular weight excluding hydrogens is 304 g/mol. The summed E-state index contributed by atoms with van der Waals surface area (Å²) >= 11 is 3.16. The molecule has 0 N–H and O–H groups in total. The number of carbonyl (C=O) groups excluding carboxylic acids is 1. The topological polar surface area (TPSA) is 26.3 Å². The van der Waals surface area contributed by atoms with Crippen LogP contribution in [0.2, 0.25) is 0 Å². The first-order valence-corrected chi connectivity index (χ1v) is 7.55. The van der Waals surface area contributed by atoms with E-state index >= 15 is 0 Å². The van der Waals surface area contributed by atoms with Gasteiger partial charge in [0.05, 0.1) is 11.9 Å². The number of alkyl halides is 1. The fourth-order valence-corrected chi connectivity index (χ4v) is 1.95. The van der Waals surface area contributed by atoms with E-state index in [-0.39, 0.29) is 5.78 Å². The number of ether oxygens (including phenoxy) is 1. The average Bonchev–Trinajstić information content (AvgIpc) is 2.43. The Morgan fingerprint density at radius 1 is 1.37 bits per heavy atom. The van der Waals surface area contributed by atoms with Gasteiger partial charge < -0.3 is 4.74 Å². The zero-order valence-electron chi connectivity index (χ0n) is 11.2. The van der Waals surface area contributed by atoms with Gasteiger partial charge >= 0.3 is 0 Å². The number of unbranched alkanes of at least 4 members (excludes halogenated alkanes) is 1. The van der Waals surface area contributed by atoms with Crippen molar-refractivity contribution in [3.05, 3.63) is 35.4 Å². The molecule has 0 fully saturated rings. The molecule has 19 heavy (non-hydrogen) atoms. The van der Waals surface area contributed by atoms with Gasteiger partial charge in [-0.2, -0.15) is 0 Å². The van der Waals surface area contributed by atoms with Crippen molar-refractivity contribution >= 4 is 21.7 Å². The third kappa shape index (κ3) is 7.15. The number of hydrogen-bond donors (Lipinski definition) is 0. The normalized spacial score (nSPS) is 9.79. The molecule has 2 nitrogen and oxygen atoms in total. The lowest BCUT2D eigenvalue weighted by molar-refractivity contribution is -0.116. The van der Waals surface area contributed by atoms with E-state index in [0.29, 0.717) is 25.0 Å². The van der Waals surface area contributed by atoms with Crippen molar-refractivity contribution < 1.29 is 9.53 Å². The van der Waals surface area contributed by atoms with Gasteiger partial charge in [0.1, 0.15) is 5.78 Å². The average molecular weight is 323 g/mol. The molecule has 0 aliphatic rings. The number of rotatable bonds is 8. The monoisotopic (exact) mass is 322 g/mol. The highest BCUT2D eigenvalue weighted by Crippen LogP contribution is 2.07. The van der Waals surface area contributed by atoms with Gasteiger partial charge in [0.2, 0.25) is 0 Å². The molecule has 0 aromatic heterocycles. The zero-order chi connectivity index (χ0) is 13.9. The van der Waals surface area contributed by atoms with Crippen LogP contribution >= 0.6 is 15.9 Å². The van der Waals surface area contributed by atoms with Crippen LogP contribution in [0.5, 0.6) is 0 Å². The predicted molar refractivity (Wildman–Crippen MR) is 81.3 cm³/mol. The van der Waals surface area contributed by atoms with E-state index in [9.17, 15) is 4.79 Å². The largest absolute Gasteiger partial charge is 0.377 e. The minimum absolute atomic E-state index is 0.255. The van der Waals surface area contributed by atoms with E-state index < -0.39 is 0 Å². The van der Waals surface area contributed by atoms with Crippen LogP contribution in [0.3, 0.4) is 0 Å². The van der Waals surface area contributed by atoms with Gasteiger partial charge in [0.15, 0.2) is 0 Å². The van der Waals surface area contributed by atoms with Crippen LogP contribution in [0.1, 0.15) is 37.3 Å². The van der Waals surface area contributed by atoms with E-state index in [1.165, 1.54) is 0 Å². The number of ketones is 1. The highest BCUT2D eigenvalue weighted by Gasteiger charge is 1.99. The van der Waals surface area contributed by atoms with Crippen LogP contribution < -0.4 is 0 Å². The Kier molecular flexibility index (Phi) is 8.20. The van der Waals surface area contributed by atoms with Crippen molar-refractivity contribution in [2.24, 2.45) is 0 Å². The summed E-state index contributed by atoms with van der Waals surface area (Å²) in [7, 11) is 0. The summed E-state index contributed by atoms with van der Waals surface area (Å²) in [4.78, 5) is 11.1. The van der Waals surface area contributed by atoms with Crippen LogP contribution in [0, 0.1) is 11.8 Å². The first-order chi connectivity index (χ1) is 9.26. The van der Waals surface area contributed by atoms with Gasteiger partial charge in [-0.25, -0.2) is 0 Å². The molecule has 1 aromatic carbocycles. The Hall–Kier alpha value is -1.11. The maximum atomic E-state index is 11.1. The van der Waals surface area contributed by atoms with Crippen molar-refractivity contribution in [3.63, 3.8) is 0 Å². The lowest BCUT2D eigenvalue weighted by Crippen LogP contribution is -2.00. The summed E-state index contributed by atoms with van der Waals surface area (Å²) in [5.41, 5.74) is 2.16. The van der Waals surface area contributed by atoms with Gasteiger partial charge in [-0.15, -0.1) is 5.92 Å². The molecule has 1 aromatic rings. The molecule has 0 atom stereocenters. The Morgan fingerprint density at radius 3 is 2.95 bits per heavy atom. The van der Waals surface area contributed by atoms with Gasteiger partial charge in [-0.1, -0.05) is 34.0 Å². The second-order valence-corrected chi connectivity index (χ2v) is 4.82. The fourth-order valence-electron chi connectivity index (χ4n) is 1.67. The van der Waals surface area contributed by atoms with E-state index in [2.05, 4.69) is 27.8 Å². The third-order valence-electron chi connectivity index (χ3n) is 2.61. The van der Waals surface area contributed by atoms with E-state index in [1.807, 2.05) is 31.2 Å². The van der Waals surface area contributed by atoms with Crippen LogP contribution in [0.25, 0.3) is 0 Å². The van der Waals surface area contributed by atoms with Crippen LogP contribution in [-0.4, -0.2) is 17.7 Å². The molecule has 0 saturated heterocycles. The Balaban J connectivity index is 2.20. The molecule has 3 heteroatoms. The molecule has 102 valence electrons. The number of Topliss-reactive ketones (excluding diaryl/α,β-unsaturated/α-hetero) is 1. The van der Waals surface area contributed by atoms with Gasteiger partial charge in [-0.3, -0.25) is 4.79 Å². The molecule has 0 spiro atoms. The summed E-state index contributed by atoms with van der Waals surface area (Å²) < 4.78 is 5.60. The summed E-state index contributed by atoms with van der Waals surface area (Å²) in [5, 5.41) is 0.457. The first-order valence-electron chi connectivity index (χ1n) is 6.43. The number of halogens is 1. The maximum Gasteiger partial charge on any atom is 0.143 e. The molecule has 0 amide bonds. The van der Waals surface area contributed by atoms with E-state index in [0.717, 1.165) is 24.0 Å². The lowest BCUT2D eigenvalue weighted by Gasteiger charge is -2.04. The number of carbonyl (C=O) groups is 1. The summed E-state index contributed by atoms with van der Waals surface area (Å²) in [5.74, 6) is 6.17. The fraction of sp³-hybridized carbons (Fsp3) is 0.438. The van der Waals surface area contributed by atoms with Crippen LogP contribution in [0.4, 0.5) is 0 Å². The number of hydrogen-bond acceptors (Lipinski definition) is 2. The molecule has 0 aliphatic carbocycles. The van der Waals surface area contributed by atoms with Crippen molar-refractivity contribution in [1.82, 2.24) is 0 Å². The quantitative estimate of drug-likeness (QED) is 0.414. The van der Waals surface area contributed by atoms with Crippen LogP contribution in [0.15, 0.2) is 24.3 Å². The van der Waals surface area contributed by atoms with E-state index in [4.69, 9.17) is 4.74 Å². The SMILES string of the molecule is CC#Cc1cccc(COCCCCC(=O)CBr)c1. The first kappa shape index (κ1) is 15.9. The predicted octanol–water partition coefficient (Wildman–Crippen LogP) is 3.71. The lowest BCUT2D eigenvalue weighted by atomic mass is 10.1. The summed E-state index contributed by atoms with van der Waals surface area (Å²) in [6.45, 7) is 3.13. The minimum atomic E-state index is 0.255. The molecule has 0 bridgehead atoms. The smallest absolute Gasteiger partial charge is 0.143 e. The molecule has 0 saturated carbocycles. The van der Waals surface area contributed by atoms with E-state index in [1.54, 1.807) is 0 Å². The molecule has 0 aliphatic heterocycles. The van der Waals surface area contributed by atoms with Crippen LogP contribution in [-0.2, 0) is 16.1 Å². The highest BCUT2D eigenvalue weighted by atomic mass is 79.9. The molecule has 0 heterocycles. The van der Waals surface area contributed by atoms with Crippen molar-refractivity contribution in [1.29, 1.82) is 0 Å². The summed E-state index contributed by atoms with van der Waals surface area (Å²) in [6, 6.07) is 8.07. The number of benzene rings is 1. The van der Waals surface area contributed by atoms with Crippen molar-refractivity contribution in [2.75, 3.05) is 11.9 Å². The van der Waals surface area contributed by atoms with Gasteiger partial charge in [0.25, 0.3) is 0 Å². The molecule has 0 radical (unpaired) electrons. The Morgan fingerprint density at radius 2 is 2.21 bits per heavy atom. The Bertz CT molecular complexity index is 457. The second-order valence-electron chi connectivity index (χ2n) is 4.26. The zero-order valence-corrected chi connectivity index (χ0v) is 12.8. The highest BCUT2D eigenvalue weighted by molar-refractivity contribution is 9.09. The van der Waals surface area contributed by atoms with Crippen molar-refractivity contribution in [3.8, 4) is 11.8 Å². The van der Waals surface area contributed by atoms with Crippen molar-refractivity contribution in [2.45, 2.75) is 32.8 Å². The summed E-state index contributed by atoms with van der Waals surface area (Å²) in [6.07, 6.45) is 2.45. The second kappa shape index (κ2) is 9.77. The van der Waals surface area contributed by atoms with Gasteiger partial charge in [0, 0.05) is 18.6 Å². The third-order valence-corrected chi connectivity index (χ3v) is 3.23. The minimum Gasteiger partial charge on any atom is -0.377 e. The Labute approximate surface area is 123 Å². The van der Waals surface area contributed by atoms with Gasteiger partial charge in [-0.05, 0) is 37.5 Å². The molecular formula is C16H19BrO2.